The number of hydrogen-bond donors (Lipinski definition) is 1. The molecule has 1 N–H and O–H groups in total. The summed E-state index contributed by atoms with van der Waals surface area (Å²) in [5.41, 5.74) is 3.01. The topological polar surface area (TPSA) is 49.4 Å². The first-order valence-electron chi connectivity index (χ1n) is 10.8. The highest BCUT2D eigenvalue weighted by molar-refractivity contribution is 6.30. The molecule has 4 nitrogen and oxygen atoms in total. The average molecular weight is 427 g/mol. The van der Waals surface area contributed by atoms with Crippen molar-refractivity contribution in [2.24, 2.45) is 0 Å². The Morgan fingerprint density at radius 2 is 1.83 bits per heavy atom. The van der Waals surface area contributed by atoms with Crippen molar-refractivity contribution in [1.82, 2.24) is 10.2 Å². The van der Waals surface area contributed by atoms with Gasteiger partial charge in [-0.1, -0.05) is 67.3 Å². The second-order valence-electron chi connectivity index (χ2n) is 8.27. The van der Waals surface area contributed by atoms with Gasteiger partial charge in [0.2, 0.25) is 11.8 Å². The summed E-state index contributed by atoms with van der Waals surface area (Å²) in [6, 6.07) is 15.0. The molecule has 3 rings (SSSR count). The zero-order valence-electron chi connectivity index (χ0n) is 17.9. The van der Waals surface area contributed by atoms with Crippen molar-refractivity contribution < 1.29 is 9.59 Å². The Balaban J connectivity index is 1.77. The van der Waals surface area contributed by atoms with Crippen LogP contribution >= 0.6 is 11.6 Å². The normalized spacial score (nSPS) is 15.4. The highest BCUT2D eigenvalue weighted by Gasteiger charge is 2.28. The fraction of sp³-hybridized carbons (Fsp3) is 0.440. The molecule has 0 spiro atoms. The fourth-order valence-corrected chi connectivity index (χ4v) is 4.26. The zero-order chi connectivity index (χ0) is 21.5. The first-order chi connectivity index (χ1) is 14.4. The molecular formula is C25H31ClN2O2. The minimum Gasteiger partial charge on any atom is -0.352 e. The maximum Gasteiger partial charge on any atom is 0.242 e. The molecule has 0 bridgehead atoms. The van der Waals surface area contributed by atoms with Crippen LogP contribution in [-0.4, -0.2) is 28.8 Å². The van der Waals surface area contributed by atoms with Crippen LogP contribution in [0.25, 0.3) is 0 Å². The standard InChI is InChI=1S/C25H31ClN2O2/c1-18-9-6-7-11-21(18)17-28(24(29)16-20-10-8-12-22(26)15-20)19(2)25(30)27-23-13-4-3-5-14-23/h6-12,15,19,23H,3-5,13-14,16-17H2,1-2H3,(H,27,30)/t19-/m1/s1. The van der Waals surface area contributed by atoms with E-state index in [1.165, 1.54) is 6.42 Å². The van der Waals surface area contributed by atoms with E-state index in [1.54, 1.807) is 17.0 Å². The Morgan fingerprint density at radius 3 is 2.53 bits per heavy atom. The number of rotatable bonds is 7. The molecule has 0 aliphatic heterocycles. The fourth-order valence-electron chi connectivity index (χ4n) is 4.05. The lowest BCUT2D eigenvalue weighted by Crippen LogP contribution is -2.50. The first kappa shape index (κ1) is 22.4. The number of carbonyl (C=O) groups is 2. The van der Waals surface area contributed by atoms with E-state index < -0.39 is 6.04 Å². The Kier molecular flexibility index (Phi) is 7.92. The predicted molar refractivity (Wildman–Crippen MR) is 121 cm³/mol. The molecule has 1 aliphatic rings. The van der Waals surface area contributed by atoms with E-state index in [1.807, 2.05) is 50.2 Å². The summed E-state index contributed by atoms with van der Waals surface area (Å²) in [5, 5.41) is 3.78. The smallest absolute Gasteiger partial charge is 0.242 e. The molecule has 0 radical (unpaired) electrons. The van der Waals surface area contributed by atoms with E-state index in [9.17, 15) is 9.59 Å². The molecule has 0 unspecified atom stereocenters. The second-order valence-corrected chi connectivity index (χ2v) is 8.71. The summed E-state index contributed by atoms with van der Waals surface area (Å²) in [6.45, 7) is 4.26. The summed E-state index contributed by atoms with van der Waals surface area (Å²) in [5.74, 6) is -0.151. The van der Waals surface area contributed by atoms with Crippen LogP contribution in [-0.2, 0) is 22.6 Å². The monoisotopic (exact) mass is 426 g/mol. The van der Waals surface area contributed by atoms with Crippen LogP contribution in [0.2, 0.25) is 5.02 Å². The molecule has 1 fully saturated rings. The number of hydrogen-bond acceptors (Lipinski definition) is 2. The van der Waals surface area contributed by atoms with Gasteiger partial charge in [0.1, 0.15) is 6.04 Å². The quantitative estimate of drug-likeness (QED) is 0.672. The largest absolute Gasteiger partial charge is 0.352 e. The van der Waals surface area contributed by atoms with Gasteiger partial charge in [0, 0.05) is 17.6 Å². The van der Waals surface area contributed by atoms with Crippen LogP contribution < -0.4 is 5.32 Å². The number of nitrogens with one attached hydrogen (secondary N) is 1. The maximum absolute atomic E-state index is 13.3. The molecule has 2 amide bonds. The highest BCUT2D eigenvalue weighted by atomic mass is 35.5. The lowest BCUT2D eigenvalue weighted by molar-refractivity contribution is -0.140. The third-order valence-corrected chi connectivity index (χ3v) is 6.20. The molecule has 0 saturated heterocycles. The van der Waals surface area contributed by atoms with Gasteiger partial charge in [0.25, 0.3) is 0 Å². The van der Waals surface area contributed by atoms with Gasteiger partial charge in [-0.05, 0) is 55.5 Å². The van der Waals surface area contributed by atoms with Crippen molar-refractivity contribution in [3.8, 4) is 0 Å². The predicted octanol–water partition coefficient (Wildman–Crippen LogP) is 5.06. The number of amides is 2. The highest BCUT2D eigenvalue weighted by Crippen LogP contribution is 2.20. The van der Waals surface area contributed by atoms with Crippen LogP contribution in [0.3, 0.4) is 0 Å². The molecule has 30 heavy (non-hydrogen) atoms. The number of aryl methyl sites for hydroxylation is 1. The van der Waals surface area contributed by atoms with Crippen molar-refractivity contribution >= 4 is 23.4 Å². The molecule has 1 atom stereocenters. The summed E-state index contributed by atoms with van der Waals surface area (Å²) in [4.78, 5) is 28.0. The van der Waals surface area contributed by atoms with Crippen LogP contribution in [0.5, 0.6) is 0 Å². The van der Waals surface area contributed by atoms with Gasteiger partial charge in [-0.25, -0.2) is 0 Å². The summed E-state index contributed by atoms with van der Waals surface area (Å²) in [6.07, 6.45) is 5.80. The first-order valence-corrected chi connectivity index (χ1v) is 11.2. The van der Waals surface area contributed by atoms with E-state index in [0.717, 1.165) is 42.4 Å². The van der Waals surface area contributed by atoms with E-state index in [0.29, 0.717) is 11.6 Å². The zero-order valence-corrected chi connectivity index (χ0v) is 18.6. The molecule has 1 saturated carbocycles. The Hall–Kier alpha value is -2.33. The summed E-state index contributed by atoms with van der Waals surface area (Å²) in [7, 11) is 0. The Morgan fingerprint density at radius 1 is 1.10 bits per heavy atom. The molecule has 0 aromatic heterocycles. The van der Waals surface area contributed by atoms with Crippen molar-refractivity contribution in [3.63, 3.8) is 0 Å². The van der Waals surface area contributed by atoms with Gasteiger partial charge in [-0.2, -0.15) is 0 Å². The van der Waals surface area contributed by atoms with Gasteiger partial charge in [-0.3, -0.25) is 9.59 Å². The van der Waals surface area contributed by atoms with Crippen molar-refractivity contribution in [1.29, 1.82) is 0 Å². The third-order valence-electron chi connectivity index (χ3n) is 5.97. The molecule has 1 aliphatic carbocycles. The van der Waals surface area contributed by atoms with Gasteiger partial charge in [-0.15, -0.1) is 0 Å². The van der Waals surface area contributed by atoms with Crippen LogP contribution in [0, 0.1) is 6.92 Å². The third kappa shape index (κ3) is 6.09. The molecular weight excluding hydrogens is 396 g/mol. The SMILES string of the molecule is Cc1ccccc1CN(C(=O)Cc1cccc(Cl)c1)[C@H](C)C(=O)NC1CCCCC1. The van der Waals surface area contributed by atoms with Crippen LogP contribution in [0.15, 0.2) is 48.5 Å². The lowest BCUT2D eigenvalue weighted by Gasteiger charge is -2.31. The number of halogens is 1. The van der Waals surface area contributed by atoms with E-state index in [4.69, 9.17) is 11.6 Å². The Labute approximate surface area is 184 Å². The minimum absolute atomic E-state index is 0.0741. The molecule has 2 aromatic rings. The Bertz CT molecular complexity index is 877. The van der Waals surface area contributed by atoms with Crippen molar-refractivity contribution in [2.45, 2.75) is 71.0 Å². The van der Waals surface area contributed by atoms with Crippen LogP contribution in [0.4, 0.5) is 0 Å². The lowest BCUT2D eigenvalue weighted by atomic mass is 9.95. The van der Waals surface area contributed by atoms with Gasteiger partial charge in [0.15, 0.2) is 0 Å². The summed E-state index contributed by atoms with van der Waals surface area (Å²) >= 11 is 6.09. The van der Waals surface area contributed by atoms with E-state index in [2.05, 4.69) is 5.32 Å². The van der Waals surface area contributed by atoms with E-state index in [-0.39, 0.29) is 24.3 Å². The maximum atomic E-state index is 13.3. The van der Waals surface area contributed by atoms with Crippen molar-refractivity contribution in [3.05, 3.63) is 70.2 Å². The number of benzene rings is 2. The van der Waals surface area contributed by atoms with E-state index >= 15 is 0 Å². The number of carbonyl (C=O) groups excluding carboxylic acids is 2. The molecule has 5 heteroatoms. The van der Waals surface area contributed by atoms with Crippen molar-refractivity contribution in [2.75, 3.05) is 0 Å². The second kappa shape index (κ2) is 10.6. The van der Waals surface area contributed by atoms with Gasteiger partial charge >= 0.3 is 0 Å². The molecule has 0 heterocycles. The number of nitrogens with zero attached hydrogens (tertiary/aromatic N) is 1. The molecule has 2 aromatic carbocycles. The summed E-state index contributed by atoms with van der Waals surface area (Å²) < 4.78 is 0. The average Bonchev–Trinajstić information content (AvgIpc) is 2.73. The van der Waals surface area contributed by atoms with Gasteiger partial charge in [0.05, 0.1) is 6.42 Å². The van der Waals surface area contributed by atoms with Crippen LogP contribution in [0.1, 0.15) is 55.7 Å². The minimum atomic E-state index is -0.543. The molecule has 160 valence electrons. The van der Waals surface area contributed by atoms with Gasteiger partial charge < -0.3 is 10.2 Å².